The molecule has 5 heteroatoms. The van der Waals surface area contributed by atoms with Gasteiger partial charge in [0.05, 0.1) is 6.42 Å². The fourth-order valence-corrected chi connectivity index (χ4v) is 2.71. The molecule has 0 aromatic heterocycles. The maximum Gasteiger partial charge on any atom is 0.242 e. The number of nitrogens with zero attached hydrogens (tertiary/aromatic N) is 1. The van der Waals surface area contributed by atoms with Crippen molar-refractivity contribution >= 4 is 11.8 Å². The molecular weight excluding hydrogens is 343 g/mol. The van der Waals surface area contributed by atoms with Crippen molar-refractivity contribution in [3.63, 3.8) is 0 Å². The smallest absolute Gasteiger partial charge is 0.242 e. The van der Waals surface area contributed by atoms with Crippen LogP contribution in [0, 0.1) is 5.82 Å². The van der Waals surface area contributed by atoms with Gasteiger partial charge < -0.3 is 10.2 Å². The summed E-state index contributed by atoms with van der Waals surface area (Å²) in [7, 11) is 0. The van der Waals surface area contributed by atoms with E-state index in [1.54, 1.807) is 24.0 Å². The SMILES string of the molecule is CC[C@H](C)NC(=O)[C@H](C)N(Cc1ccccc1)C(=O)Cc1ccc(F)cc1. The highest BCUT2D eigenvalue weighted by Gasteiger charge is 2.26. The van der Waals surface area contributed by atoms with Gasteiger partial charge in [-0.05, 0) is 43.5 Å². The molecule has 2 aromatic rings. The second-order valence-electron chi connectivity index (χ2n) is 6.80. The number of hydrogen-bond donors (Lipinski definition) is 1. The summed E-state index contributed by atoms with van der Waals surface area (Å²) in [6, 6.07) is 14.9. The molecule has 0 aliphatic rings. The molecule has 2 atom stereocenters. The molecule has 0 aliphatic heterocycles. The molecule has 27 heavy (non-hydrogen) atoms. The molecule has 2 amide bonds. The van der Waals surface area contributed by atoms with Crippen LogP contribution in [0.1, 0.15) is 38.3 Å². The molecule has 0 saturated carbocycles. The van der Waals surface area contributed by atoms with Crippen molar-refractivity contribution < 1.29 is 14.0 Å². The molecule has 0 fully saturated rings. The molecule has 0 radical (unpaired) electrons. The van der Waals surface area contributed by atoms with Crippen molar-refractivity contribution in [1.29, 1.82) is 0 Å². The Labute approximate surface area is 160 Å². The largest absolute Gasteiger partial charge is 0.352 e. The number of carbonyl (C=O) groups excluding carboxylic acids is 2. The van der Waals surface area contributed by atoms with E-state index >= 15 is 0 Å². The highest BCUT2D eigenvalue weighted by atomic mass is 19.1. The van der Waals surface area contributed by atoms with Gasteiger partial charge in [-0.2, -0.15) is 0 Å². The lowest BCUT2D eigenvalue weighted by atomic mass is 10.1. The first kappa shape index (κ1) is 20.6. The molecule has 0 unspecified atom stereocenters. The lowest BCUT2D eigenvalue weighted by Crippen LogP contribution is -2.49. The van der Waals surface area contributed by atoms with E-state index in [0.717, 1.165) is 12.0 Å². The average Bonchev–Trinajstić information content (AvgIpc) is 2.67. The van der Waals surface area contributed by atoms with E-state index in [2.05, 4.69) is 5.32 Å². The molecule has 0 spiro atoms. The summed E-state index contributed by atoms with van der Waals surface area (Å²) in [6.45, 7) is 6.02. The van der Waals surface area contributed by atoms with Crippen molar-refractivity contribution in [2.75, 3.05) is 0 Å². The van der Waals surface area contributed by atoms with Crippen LogP contribution in [0.2, 0.25) is 0 Å². The van der Waals surface area contributed by atoms with E-state index in [1.165, 1.54) is 12.1 Å². The van der Waals surface area contributed by atoms with Gasteiger partial charge in [0.1, 0.15) is 11.9 Å². The number of nitrogens with one attached hydrogen (secondary N) is 1. The van der Waals surface area contributed by atoms with Gasteiger partial charge in [-0.15, -0.1) is 0 Å². The topological polar surface area (TPSA) is 49.4 Å². The Kier molecular flexibility index (Phi) is 7.53. The highest BCUT2D eigenvalue weighted by molar-refractivity contribution is 5.88. The number of hydrogen-bond acceptors (Lipinski definition) is 2. The normalized spacial score (nSPS) is 12.9. The van der Waals surface area contributed by atoms with Gasteiger partial charge in [0.25, 0.3) is 0 Å². The second kappa shape index (κ2) is 9.86. The molecule has 2 aromatic carbocycles. The van der Waals surface area contributed by atoms with Gasteiger partial charge in [0.15, 0.2) is 0 Å². The number of rotatable bonds is 8. The number of benzene rings is 2. The third-order valence-corrected chi connectivity index (χ3v) is 4.63. The molecule has 2 rings (SSSR count). The van der Waals surface area contributed by atoms with Crippen LogP contribution in [-0.4, -0.2) is 28.8 Å². The van der Waals surface area contributed by atoms with Crippen molar-refractivity contribution in [2.24, 2.45) is 0 Å². The van der Waals surface area contributed by atoms with Crippen molar-refractivity contribution in [1.82, 2.24) is 10.2 Å². The van der Waals surface area contributed by atoms with Gasteiger partial charge in [-0.3, -0.25) is 9.59 Å². The van der Waals surface area contributed by atoms with Crippen molar-refractivity contribution in [2.45, 2.75) is 52.2 Å². The Balaban J connectivity index is 2.18. The Bertz CT molecular complexity index is 747. The Morgan fingerprint density at radius 1 is 1.00 bits per heavy atom. The molecule has 0 heterocycles. The number of amides is 2. The maximum absolute atomic E-state index is 13.1. The van der Waals surface area contributed by atoms with Crippen LogP contribution in [0.3, 0.4) is 0 Å². The fourth-order valence-electron chi connectivity index (χ4n) is 2.71. The summed E-state index contributed by atoms with van der Waals surface area (Å²) in [4.78, 5) is 27.1. The van der Waals surface area contributed by atoms with Crippen LogP contribution in [0.4, 0.5) is 4.39 Å². The molecule has 0 aliphatic carbocycles. The minimum absolute atomic E-state index is 0.0470. The van der Waals surface area contributed by atoms with Gasteiger partial charge in [-0.1, -0.05) is 49.4 Å². The fraction of sp³-hybridized carbons (Fsp3) is 0.364. The van der Waals surface area contributed by atoms with E-state index in [-0.39, 0.29) is 30.1 Å². The standard InChI is InChI=1S/C22H27FN2O2/c1-4-16(2)24-22(27)17(3)25(15-19-8-6-5-7-9-19)21(26)14-18-10-12-20(23)13-11-18/h5-13,16-17H,4,14-15H2,1-3H3,(H,24,27)/t16-,17-/m0/s1. The Morgan fingerprint density at radius 3 is 2.22 bits per heavy atom. The lowest BCUT2D eigenvalue weighted by Gasteiger charge is -2.29. The third-order valence-electron chi connectivity index (χ3n) is 4.63. The van der Waals surface area contributed by atoms with Crippen molar-refractivity contribution in [3.05, 3.63) is 71.5 Å². The zero-order valence-corrected chi connectivity index (χ0v) is 16.1. The van der Waals surface area contributed by atoms with E-state index in [1.807, 2.05) is 44.2 Å². The lowest BCUT2D eigenvalue weighted by molar-refractivity contribution is -0.140. The molecule has 1 N–H and O–H groups in total. The Hall–Kier alpha value is -2.69. The van der Waals surface area contributed by atoms with Gasteiger partial charge >= 0.3 is 0 Å². The Morgan fingerprint density at radius 2 is 1.63 bits per heavy atom. The third kappa shape index (κ3) is 6.20. The average molecular weight is 370 g/mol. The summed E-state index contributed by atoms with van der Waals surface area (Å²) >= 11 is 0. The minimum atomic E-state index is -0.604. The second-order valence-corrected chi connectivity index (χ2v) is 6.80. The van der Waals surface area contributed by atoms with Crippen LogP contribution < -0.4 is 5.32 Å². The van der Waals surface area contributed by atoms with Crippen LogP contribution in [0.15, 0.2) is 54.6 Å². The van der Waals surface area contributed by atoms with Gasteiger partial charge in [-0.25, -0.2) is 4.39 Å². The predicted octanol–water partition coefficient (Wildman–Crippen LogP) is 3.70. The zero-order chi connectivity index (χ0) is 19.8. The van der Waals surface area contributed by atoms with E-state index < -0.39 is 6.04 Å². The molecular formula is C22H27FN2O2. The van der Waals surface area contributed by atoms with E-state index in [9.17, 15) is 14.0 Å². The van der Waals surface area contributed by atoms with E-state index in [4.69, 9.17) is 0 Å². The summed E-state index contributed by atoms with van der Waals surface area (Å²) < 4.78 is 13.1. The first-order valence-electron chi connectivity index (χ1n) is 9.29. The summed E-state index contributed by atoms with van der Waals surface area (Å²) in [5.74, 6) is -0.682. The number of carbonyl (C=O) groups is 2. The van der Waals surface area contributed by atoms with Crippen molar-refractivity contribution in [3.8, 4) is 0 Å². The zero-order valence-electron chi connectivity index (χ0n) is 16.1. The van der Waals surface area contributed by atoms with Gasteiger partial charge in [0, 0.05) is 12.6 Å². The first-order valence-corrected chi connectivity index (χ1v) is 9.29. The molecule has 0 saturated heterocycles. The quantitative estimate of drug-likeness (QED) is 0.770. The summed E-state index contributed by atoms with van der Waals surface area (Å²) in [5.41, 5.74) is 1.67. The van der Waals surface area contributed by atoms with Crippen LogP contribution in [0.5, 0.6) is 0 Å². The number of halogens is 1. The van der Waals surface area contributed by atoms with Crippen LogP contribution in [-0.2, 0) is 22.6 Å². The predicted molar refractivity (Wildman–Crippen MR) is 104 cm³/mol. The van der Waals surface area contributed by atoms with E-state index in [0.29, 0.717) is 12.1 Å². The summed E-state index contributed by atoms with van der Waals surface area (Å²) in [5, 5.41) is 2.94. The molecule has 0 bridgehead atoms. The molecule has 144 valence electrons. The molecule has 4 nitrogen and oxygen atoms in total. The van der Waals surface area contributed by atoms with Gasteiger partial charge in [0.2, 0.25) is 11.8 Å². The minimum Gasteiger partial charge on any atom is -0.352 e. The summed E-state index contributed by atoms with van der Waals surface area (Å²) in [6.07, 6.45) is 0.939. The van der Waals surface area contributed by atoms with Crippen LogP contribution in [0.25, 0.3) is 0 Å². The highest BCUT2D eigenvalue weighted by Crippen LogP contribution is 2.13. The monoisotopic (exact) mass is 370 g/mol. The first-order chi connectivity index (χ1) is 12.9. The van der Waals surface area contributed by atoms with Crippen LogP contribution >= 0.6 is 0 Å². The maximum atomic E-state index is 13.1.